The number of anilines is 2. The molecule has 0 spiro atoms. The highest BCUT2D eigenvalue weighted by atomic mass is 19.1. The molecule has 5 rings (SSSR count). The van der Waals surface area contributed by atoms with Gasteiger partial charge >= 0.3 is 0 Å². The maximum atomic E-state index is 14.3. The highest BCUT2D eigenvalue weighted by Crippen LogP contribution is 2.33. The molecule has 0 amide bonds. The molecule has 0 saturated carbocycles. The summed E-state index contributed by atoms with van der Waals surface area (Å²) in [4.78, 5) is 6.72. The Hall–Kier alpha value is -3.54. The molecule has 0 unspecified atom stereocenters. The molecule has 6 heteroatoms. The number of fused-ring (bicyclic) bond motifs is 3. The van der Waals surface area contributed by atoms with Crippen molar-refractivity contribution in [2.24, 2.45) is 0 Å². The van der Waals surface area contributed by atoms with E-state index in [1.54, 1.807) is 6.33 Å². The lowest BCUT2D eigenvalue weighted by molar-refractivity contribution is 0.592. The van der Waals surface area contributed by atoms with Crippen molar-refractivity contribution in [2.45, 2.75) is 12.8 Å². The van der Waals surface area contributed by atoms with Crippen LogP contribution >= 0.6 is 0 Å². The van der Waals surface area contributed by atoms with Crippen LogP contribution in [0.25, 0.3) is 22.3 Å². The van der Waals surface area contributed by atoms with Crippen LogP contribution in [-0.4, -0.2) is 26.6 Å². The Labute approximate surface area is 161 Å². The summed E-state index contributed by atoms with van der Waals surface area (Å²) in [5.74, 6) is 1.26. The van der Waals surface area contributed by atoms with Crippen molar-refractivity contribution < 1.29 is 4.39 Å². The van der Waals surface area contributed by atoms with Crippen LogP contribution in [0.4, 0.5) is 15.9 Å². The average Bonchev–Trinajstić information content (AvgIpc) is 3.22. The number of halogens is 1. The van der Waals surface area contributed by atoms with E-state index in [0.717, 1.165) is 34.4 Å². The number of rotatable bonds is 3. The summed E-state index contributed by atoms with van der Waals surface area (Å²) in [6, 6.07) is 15.9. The van der Waals surface area contributed by atoms with Gasteiger partial charge in [-0.3, -0.25) is 4.40 Å². The summed E-state index contributed by atoms with van der Waals surface area (Å²) in [5, 5.41) is 9.09. The first-order chi connectivity index (χ1) is 13.7. The van der Waals surface area contributed by atoms with Gasteiger partial charge in [-0.25, -0.2) is 4.39 Å². The van der Waals surface area contributed by atoms with Gasteiger partial charge in [-0.1, -0.05) is 36.4 Å². The molecule has 0 saturated heterocycles. The second kappa shape index (κ2) is 6.56. The Bertz CT molecular complexity index is 1250. The highest BCUT2D eigenvalue weighted by molar-refractivity contribution is 5.93. The first-order valence-corrected chi connectivity index (χ1v) is 9.20. The van der Waals surface area contributed by atoms with Crippen molar-refractivity contribution in [3.63, 3.8) is 0 Å². The van der Waals surface area contributed by atoms with E-state index < -0.39 is 0 Å². The van der Waals surface area contributed by atoms with E-state index in [1.807, 2.05) is 77.0 Å². The maximum Gasteiger partial charge on any atom is 0.257 e. The second-order valence-corrected chi connectivity index (χ2v) is 6.82. The van der Waals surface area contributed by atoms with Gasteiger partial charge in [0.15, 0.2) is 0 Å². The molecule has 2 heterocycles. The van der Waals surface area contributed by atoms with Crippen molar-refractivity contribution in [3.05, 3.63) is 78.4 Å². The molecule has 0 bridgehead atoms. The number of nitrogens with zero attached hydrogens (tertiary/aromatic N) is 5. The number of benzene rings is 2. The third-order valence-electron chi connectivity index (χ3n) is 5.11. The van der Waals surface area contributed by atoms with Crippen LogP contribution in [0.5, 0.6) is 0 Å². The predicted octanol–water partition coefficient (Wildman–Crippen LogP) is 5.08. The van der Waals surface area contributed by atoms with Crippen LogP contribution in [0, 0.1) is 0 Å². The van der Waals surface area contributed by atoms with E-state index in [1.165, 1.54) is 0 Å². The van der Waals surface area contributed by atoms with Gasteiger partial charge in [0.1, 0.15) is 18.0 Å². The van der Waals surface area contributed by atoms with Crippen molar-refractivity contribution >= 4 is 33.8 Å². The molecular formula is C22H18FN5. The molecule has 1 aliphatic carbocycles. The smallest absolute Gasteiger partial charge is 0.257 e. The molecule has 5 nitrogen and oxygen atoms in total. The third kappa shape index (κ3) is 2.65. The Kier molecular flexibility index (Phi) is 3.90. The van der Waals surface area contributed by atoms with E-state index in [0.29, 0.717) is 17.8 Å². The minimum atomic E-state index is -0.0595. The first-order valence-electron chi connectivity index (χ1n) is 9.20. The van der Waals surface area contributed by atoms with Crippen LogP contribution in [0.15, 0.2) is 72.8 Å². The third-order valence-corrected chi connectivity index (χ3v) is 5.11. The summed E-state index contributed by atoms with van der Waals surface area (Å²) in [6.45, 7) is 0. The van der Waals surface area contributed by atoms with Gasteiger partial charge in [0.05, 0.1) is 5.52 Å². The molecule has 2 aromatic carbocycles. The van der Waals surface area contributed by atoms with E-state index in [4.69, 9.17) is 4.98 Å². The summed E-state index contributed by atoms with van der Waals surface area (Å²) < 4.78 is 16.2. The van der Waals surface area contributed by atoms with E-state index >= 15 is 0 Å². The molecule has 0 radical (unpaired) electrons. The van der Waals surface area contributed by atoms with Gasteiger partial charge in [0.2, 0.25) is 0 Å². The standard InChI is InChI=1S/C22H18FN5/c1-27(16-8-6-7-15(13-16)17-9-2-4-11-19(17)23)21-18-10-3-5-12-20(18)28-14-24-26-22(28)25-21/h2-3,5-10,12-14H,4,11H2,1H3. The summed E-state index contributed by atoms with van der Waals surface area (Å²) in [7, 11) is 1.96. The predicted molar refractivity (Wildman–Crippen MR) is 109 cm³/mol. The van der Waals surface area contributed by atoms with Crippen molar-refractivity contribution in [2.75, 3.05) is 11.9 Å². The molecule has 2 aromatic heterocycles. The first kappa shape index (κ1) is 16.6. The van der Waals surface area contributed by atoms with Gasteiger partial charge in [0, 0.05) is 30.1 Å². The molecule has 138 valence electrons. The number of allylic oxidation sites excluding steroid dienone is 4. The van der Waals surface area contributed by atoms with Gasteiger partial charge in [0.25, 0.3) is 5.78 Å². The van der Waals surface area contributed by atoms with E-state index in [2.05, 4.69) is 10.2 Å². The van der Waals surface area contributed by atoms with E-state index in [-0.39, 0.29) is 5.83 Å². The van der Waals surface area contributed by atoms with Crippen LogP contribution in [-0.2, 0) is 0 Å². The Balaban J connectivity index is 1.65. The average molecular weight is 371 g/mol. The zero-order valence-corrected chi connectivity index (χ0v) is 15.4. The molecule has 28 heavy (non-hydrogen) atoms. The lowest BCUT2D eigenvalue weighted by atomic mass is 9.98. The topological polar surface area (TPSA) is 46.3 Å². The fourth-order valence-electron chi connectivity index (χ4n) is 3.65. The summed E-state index contributed by atoms with van der Waals surface area (Å²) in [5.41, 5.74) is 3.44. The van der Waals surface area contributed by atoms with E-state index in [9.17, 15) is 4.39 Å². The number of hydrogen-bond donors (Lipinski definition) is 0. The van der Waals surface area contributed by atoms with Crippen LogP contribution in [0.3, 0.4) is 0 Å². The fourth-order valence-corrected chi connectivity index (χ4v) is 3.65. The summed E-state index contributed by atoms with van der Waals surface area (Å²) in [6.07, 6.45) is 6.77. The quantitative estimate of drug-likeness (QED) is 0.504. The van der Waals surface area contributed by atoms with Crippen molar-refractivity contribution in [1.29, 1.82) is 0 Å². The van der Waals surface area contributed by atoms with Gasteiger partial charge in [-0.05, 0) is 36.2 Å². The van der Waals surface area contributed by atoms with Crippen LogP contribution < -0.4 is 4.90 Å². The SMILES string of the molecule is CN(c1cccc(C2=C(F)CCC=C2)c1)c1nc2nncn2c2ccccc12. The molecule has 0 atom stereocenters. The largest absolute Gasteiger partial charge is 0.329 e. The van der Waals surface area contributed by atoms with Crippen LogP contribution in [0.2, 0.25) is 0 Å². The molecule has 0 aliphatic heterocycles. The fraction of sp³-hybridized carbons (Fsp3) is 0.136. The minimum absolute atomic E-state index is 0.0595. The molecule has 0 fully saturated rings. The lowest BCUT2D eigenvalue weighted by Crippen LogP contribution is -2.13. The zero-order valence-electron chi connectivity index (χ0n) is 15.4. The number of hydrogen-bond acceptors (Lipinski definition) is 4. The second-order valence-electron chi connectivity index (χ2n) is 6.82. The highest BCUT2D eigenvalue weighted by Gasteiger charge is 2.16. The zero-order chi connectivity index (χ0) is 19.1. The monoisotopic (exact) mass is 371 g/mol. The molecule has 0 N–H and O–H groups in total. The molecule has 1 aliphatic rings. The lowest BCUT2D eigenvalue weighted by Gasteiger charge is -2.21. The Morgan fingerprint density at radius 1 is 1.11 bits per heavy atom. The normalized spacial score (nSPS) is 14.2. The van der Waals surface area contributed by atoms with Gasteiger partial charge in [-0.2, -0.15) is 4.98 Å². The summed E-state index contributed by atoms with van der Waals surface area (Å²) >= 11 is 0. The van der Waals surface area contributed by atoms with Crippen molar-refractivity contribution in [3.8, 4) is 0 Å². The van der Waals surface area contributed by atoms with Crippen molar-refractivity contribution in [1.82, 2.24) is 19.6 Å². The Morgan fingerprint density at radius 2 is 2.00 bits per heavy atom. The van der Waals surface area contributed by atoms with Gasteiger partial charge < -0.3 is 4.90 Å². The van der Waals surface area contributed by atoms with Crippen LogP contribution in [0.1, 0.15) is 18.4 Å². The number of para-hydroxylation sites is 1. The molecule has 4 aromatic rings. The Morgan fingerprint density at radius 3 is 2.89 bits per heavy atom. The minimum Gasteiger partial charge on any atom is -0.329 e. The number of aromatic nitrogens is 4. The maximum absolute atomic E-state index is 14.3. The molecular weight excluding hydrogens is 353 g/mol. The van der Waals surface area contributed by atoms with Gasteiger partial charge in [-0.15, -0.1) is 10.2 Å².